The summed E-state index contributed by atoms with van der Waals surface area (Å²) in [5.74, 6) is -0.951. The van der Waals surface area contributed by atoms with Crippen LogP contribution in [0.15, 0.2) is 0 Å². The van der Waals surface area contributed by atoms with Crippen LogP contribution in [0.4, 0.5) is 4.79 Å². The SMILES string of the molecule is CC(C)(C)OC(=O)NCC(=O)NS(N)(=O)=O. The largest absolute Gasteiger partial charge is 0.444 e. The van der Waals surface area contributed by atoms with Gasteiger partial charge in [0.2, 0.25) is 0 Å². The molecule has 0 aromatic carbocycles. The number of hydrogen-bond donors (Lipinski definition) is 3. The highest BCUT2D eigenvalue weighted by atomic mass is 32.2. The molecule has 0 saturated heterocycles. The Morgan fingerprint density at radius 1 is 1.31 bits per heavy atom. The minimum atomic E-state index is -4.10. The first-order valence-corrected chi connectivity index (χ1v) is 5.84. The predicted molar refractivity (Wildman–Crippen MR) is 55.5 cm³/mol. The molecule has 8 nitrogen and oxygen atoms in total. The number of nitrogens with one attached hydrogen (secondary N) is 2. The smallest absolute Gasteiger partial charge is 0.408 e. The fourth-order valence-electron chi connectivity index (χ4n) is 0.661. The van der Waals surface area contributed by atoms with E-state index in [1.807, 2.05) is 0 Å². The van der Waals surface area contributed by atoms with Crippen molar-refractivity contribution in [1.29, 1.82) is 0 Å². The van der Waals surface area contributed by atoms with E-state index in [1.54, 1.807) is 20.8 Å². The van der Waals surface area contributed by atoms with E-state index in [0.29, 0.717) is 0 Å². The van der Waals surface area contributed by atoms with E-state index in [-0.39, 0.29) is 0 Å². The van der Waals surface area contributed by atoms with E-state index in [2.05, 4.69) is 10.5 Å². The quantitative estimate of drug-likeness (QED) is 0.584. The first kappa shape index (κ1) is 14.6. The van der Waals surface area contributed by atoms with Crippen molar-refractivity contribution in [1.82, 2.24) is 10.0 Å². The Kier molecular flexibility index (Phi) is 4.69. The van der Waals surface area contributed by atoms with Crippen LogP contribution in [0.2, 0.25) is 0 Å². The zero-order valence-corrected chi connectivity index (χ0v) is 10.1. The zero-order valence-electron chi connectivity index (χ0n) is 9.23. The summed E-state index contributed by atoms with van der Waals surface area (Å²) in [7, 11) is -4.10. The van der Waals surface area contributed by atoms with Crippen molar-refractivity contribution >= 4 is 22.2 Å². The van der Waals surface area contributed by atoms with E-state index in [4.69, 9.17) is 4.74 Å². The fraction of sp³-hybridized carbons (Fsp3) is 0.714. The summed E-state index contributed by atoms with van der Waals surface area (Å²) in [5.41, 5.74) is -0.694. The average molecular weight is 253 g/mol. The third-order valence-corrected chi connectivity index (χ3v) is 1.56. The van der Waals surface area contributed by atoms with Crippen LogP contribution in [0.3, 0.4) is 0 Å². The fourth-order valence-corrected chi connectivity index (χ4v) is 1.05. The highest BCUT2D eigenvalue weighted by Crippen LogP contribution is 2.05. The number of amides is 2. The Hall–Kier alpha value is -1.35. The average Bonchev–Trinajstić information content (AvgIpc) is 1.94. The Morgan fingerprint density at radius 2 is 1.81 bits per heavy atom. The number of alkyl carbamates (subject to hydrolysis) is 1. The van der Waals surface area contributed by atoms with Crippen molar-refractivity contribution in [2.45, 2.75) is 26.4 Å². The van der Waals surface area contributed by atoms with E-state index in [9.17, 15) is 18.0 Å². The number of rotatable bonds is 3. The van der Waals surface area contributed by atoms with Gasteiger partial charge in [-0.05, 0) is 20.8 Å². The molecule has 0 aliphatic heterocycles. The molecule has 2 amide bonds. The standard InChI is InChI=1S/C7H15N3O5S/c1-7(2,3)15-6(12)9-4-5(11)10-16(8,13)14/h4H2,1-3H3,(H,9,12)(H,10,11)(H2,8,13,14). The molecule has 0 atom stereocenters. The monoisotopic (exact) mass is 253 g/mol. The lowest BCUT2D eigenvalue weighted by molar-refractivity contribution is -0.118. The Bertz CT molecular complexity index is 370. The highest BCUT2D eigenvalue weighted by molar-refractivity contribution is 7.87. The van der Waals surface area contributed by atoms with Gasteiger partial charge in [0.1, 0.15) is 12.1 Å². The molecule has 0 aromatic rings. The van der Waals surface area contributed by atoms with Gasteiger partial charge in [-0.3, -0.25) is 4.79 Å². The number of ether oxygens (including phenoxy) is 1. The van der Waals surface area contributed by atoms with E-state index >= 15 is 0 Å². The predicted octanol–water partition coefficient (Wildman–Crippen LogP) is -1.17. The Morgan fingerprint density at radius 3 is 2.19 bits per heavy atom. The molecule has 0 heterocycles. The van der Waals surface area contributed by atoms with Crippen LogP contribution >= 0.6 is 0 Å². The normalized spacial score (nSPS) is 11.8. The molecule has 0 aliphatic carbocycles. The lowest BCUT2D eigenvalue weighted by Crippen LogP contribution is -2.43. The lowest BCUT2D eigenvalue weighted by atomic mass is 10.2. The molecule has 0 radical (unpaired) electrons. The molecule has 0 rings (SSSR count). The second kappa shape index (κ2) is 5.12. The van der Waals surface area contributed by atoms with Crippen LogP contribution in [0.1, 0.15) is 20.8 Å². The van der Waals surface area contributed by atoms with Crippen molar-refractivity contribution in [3.05, 3.63) is 0 Å². The molecule has 0 aromatic heterocycles. The van der Waals surface area contributed by atoms with Gasteiger partial charge in [-0.25, -0.2) is 14.7 Å². The molecular weight excluding hydrogens is 238 g/mol. The van der Waals surface area contributed by atoms with E-state index in [0.717, 1.165) is 0 Å². The molecule has 0 spiro atoms. The molecule has 94 valence electrons. The van der Waals surface area contributed by atoms with Crippen molar-refractivity contribution in [3.8, 4) is 0 Å². The topological polar surface area (TPSA) is 128 Å². The van der Waals surface area contributed by atoms with Gasteiger partial charge in [0, 0.05) is 0 Å². The maximum atomic E-state index is 11.0. The molecule has 9 heteroatoms. The van der Waals surface area contributed by atoms with Gasteiger partial charge in [0.05, 0.1) is 0 Å². The molecule has 0 fully saturated rings. The van der Waals surface area contributed by atoms with Gasteiger partial charge in [-0.2, -0.15) is 8.42 Å². The van der Waals surface area contributed by atoms with Crippen LogP contribution in [0.5, 0.6) is 0 Å². The van der Waals surface area contributed by atoms with Gasteiger partial charge in [-0.1, -0.05) is 0 Å². The minimum absolute atomic E-state index is 0.536. The van der Waals surface area contributed by atoms with Crippen molar-refractivity contribution in [2.75, 3.05) is 6.54 Å². The second-order valence-corrected chi connectivity index (χ2v) is 5.22. The second-order valence-electron chi connectivity index (χ2n) is 3.93. The molecule has 0 unspecified atom stereocenters. The van der Waals surface area contributed by atoms with Crippen LogP contribution in [0, 0.1) is 0 Å². The van der Waals surface area contributed by atoms with Gasteiger partial charge in [0.25, 0.3) is 16.1 Å². The summed E-state index contributed by atoms with van der Waals surface area (Å²) >= 11 is 0. The first-order chi connectivity index (χ1) is 6.99. The van der Waals surface area contributed by atoms with Crippen molar-refractivity contribution < 1.29 is 22.7 Å². The molecule has 16 heavy (non-hydrogen) atoms. The Balaban J connectivity index is 3.99. The number of carbonyl (C=O) groups is 2. The van der Waals surface area contributed by atoms with Crippen molar-refractivity contribution in [2.24, 2.45) is 5.14 Å². The van der Waals surface area contributed by atoms with Crippen LogP contribution in [-0.2, 0) is 19.7 Å². The summed E-state index contributed by atoms with van der Waals surface area (Å²) in [4.78, 5) is 21.9. The van der Waals surface area contributed by atoms with Gasteiger partial charge in [0.15, 0.2) is 0 Å². The van der Waals surface area contributed by atoms with E-state index < -0.39 is 34.4 Å². The van der Waals surface area contributed by atoms with Crippen molar-refractivity contribution in [3.63, 3.8) is 0 Å². The van der Waals surface area contributed by atoms with E-state index in [1.165, 1.54) is 4.72 Å². The first-order valence-electron chi connectivity index (χ1n) is 4.30. The lowest BCUT2D eigenvalue weighted by Gasteiger charge is -2.19. The third-order valence-electron chi connectivity index (χ3n) is 1.05. The molecule has 4 N–H and O–H groups in total. The summed E-state index contributed by atoms with van der Waals surface area (Å²) in [6.45, 7) is 4.41. The number of hydrogen-bond acceptors (Lipinski definition) is 5. The molecule has 0 saturated carbocycles. The maximum absolute atomic E-state index is 11.0. The van der Waals surface area contributed by atoms with Gasteiger partial charge < -0.3 is 10.1 Å². The number of carbonyl (C=O) groups excluding carboxylic acids is 2. The maximum Gasteiger partial charge on any atom is 0.408 e. The highest BCUT2D eigenvalue weighted by Gasteiger charge is 2.17. The summed E-state index contributed by atoms with van der Waals surface area (Å²) in [6.07, 6.45) is -0.822. The Labute approximate surface area is 93.7 Å². The zero-order chi connectivity index (χ0) is 13.0. The minimum Gasteiger partial charge on any atom is -0.444 e. The summed E-state index contributed by atoms with van der Waals surface area (Å²) < 4.78 is 27.1. The number of nitrogens with two attached hydrogens (primary N) is 1. The summed E-state index contributed by atoms with van der Waals surface area (Å²) in [6, 6.07) is 0. The molecule has 0 bridgehead atoms. The molecule has 0 aliphatic rings. The van der Waals surface area contributed by atoms with Crippen LogP contribution in [-0.4, -0.2) is 32.6 Å². The van der Waals surface area contributed by atoms with Gasteiger partial charge >= 0.3 is 6.09 Å². The van der Waals surface area contributed by atoms with Gasteiger partial charge in [-0.15, -0.1) is 0 Å². The van der Waals surface area contributed by atoms with Crippen LogP contribution < -0.4 is 15.2 Å². The van der Waals surface area contributed by atoms with Crippen LogP contribution in [0.25, 0.3) is 0 Å². The summed E-state index contributed by atoms with van der Waals surface area (Å²) in [5, 5.41) is 6.61. The third kappa shape index (κ3) is 9.21. The molecular formula is C7H15N3O5S.